The number of nitrogens with zero attached hydrogens (tertiary/aromatic N) is 2. The highest BCUT2D eigenvalue weighted by molar-refractivity contribution is 7.88. The van der Waals surface area contributed by atoms with Crippen molar-refractivity contribution in [3.05, 3.63) is 17.5 Å². The first-order valence-corrected chi connectivity index (χ1v) is 9.16. The van der Waals surface area contributed by atoms with E-state index < -0.39 is 16.1 Å². The molecular formula is C14H23N3O4S. The third-order valence-corrected chi connectivity index (χ3v) is 5.22. The van der Waals surface area contributed by atoms with Crippen LogP contribution in [-0.2, 0) is 20.6 Å². The zero-order valence-electron chi connectivity index (χ0n) is 13.2. The van der Waals surface area contributed by atoms with Crippen LogP contribution in [0.5, 0.6) is 0 Å². The van der Waals surface area contributed by atoms with Gasteiger partial charge in [-0.05, 0) is 40.0 Å². The van der Waals surface area contributed by atoms with Gasteiger partial charge in [0.1, 0.15) is 17.2 Å². The average molecular weight is 329 g/mol. The standard InChI is InChI=1S/C14H23N3O4S/c1-10-6-4-5-7-17(10)14(18)12(3)16-22(19,20)9-13-8-11(2)21-15-13/h8,10,12,16H,4-7,9H2,1-3H3/t10-,12-/m1/s1. The molecule has 1 aromatic rings. The lowest BCUT2D eigenvalue weighted by molar-refractivity contribution is -0.135. The molecular weight excluding hydrogens is 306 g/mol. The summed E-state index contributed by atoms with van der Waals surface area (Å²) < 4.78 is 31.5. The predicted molar refractivity (Wildman–Crippen MR) is 81.5 cm³/mol. The first-order chi connectivity index (χ1) is 10.3. The Kier molecular flexibility index (Phi) is 5.23. The van der Waals surface area contributed by atoms with Crippen molar-refractivity contribution in [1.82, 2.24) is 14.8 Å². The van der Waals surface area contributed by atoms with Crippen molar-refractivity contribution >= 4 is 15.9 Å². The number of carbonyl (C=O) groups excluding carboxylic acids is 1. The highest BCUT2D eigenvalue weighted by Crippen LogP contribution is 2.17. The van der Waals surface area contributed by atoms with Crippen molar-refractivity contribution in [3.8, 4) is 0 Å². The van der Waals surface area contributed by atoms with Crippen LogP contribution in [0.1, 0.15) is 44.6 Å². The number of amides is 1. The van der Waals surface area contributed by atoms with E-state index >= 15 is 0 Å². The molecule has 1 fully saturated rings. The molecule has 0 unspecified atom stereocenters. The SMILES string of the molecule is Cc1cc(CS(=O)(=O)N[C@H](C)C(=O)N2CCCC[C@H]2C)no1. The van der Waals surface area contributed by atoms with Gasteiger partial charge in [0, 0.05) is 18.7 Å². The third kappa shape index (κ3) is 4.30. The fraction of sp³-hybridized carbons (Fsp3) is 0.714. The van der Waals surface area contributed by atoms with Gasteiger partial charge in [0.2, 0.25) is 15.9 Å². The largest absolute Gasteiger partial charge is 0.361 e. The first-order valence-electron chi connectivity index (χ1n) is 7.51. The number of hydrogen-bond donors (Lipinski definition) is 1. The van der Waals surface area contributed by atoms with Crippen LogP contribution in [0.2, 0.25) is 0 Å². The topological polar surface area (TPSA) is 92.5 Å². The van der Waals surface area contributed by atoms with E-state index in [1.165, 1.54) is 0 Å². The Hall–Kier alpha value is -1.41. The minimum Gasteiger partial charge on any atom is -0.361 e. The number of likely N-dealkylation sites (tertiary alicyclic amines) is 1. The zero-order chi connectivity index (χ0) is 16.3. The van der Waals surface area contributed by atoms with E-state index in [9.17, 15) is 13.2 Å². The summed E-state index contributed by atoms with van der Waals surface area (Å²) in [6, 6.07) is 0.947. The fourth-order valence-electron chi connectivity index (χ4n) is 2.72. The maximum absolute atomic E-state index is 12.4. The summed E-state index contributed by atoms with van der Waals surface area (Å²) >= 11 is 0. The lowest BCUT2D eigenvalue weighted by Crippen LogP contribution is -2.51. The van der Waals surface area contributed by atoms with E-state index in [4.69, 9.17) is 4.52 Å². The number of hydrogen-bond acceptors (Lipinski definition) is 5. The maximum Gasteiger partial charge on any atom is 0.240 e. The van der Waals surface area contributed by atoms with Gasteiger partial charge in [0.25, 0.3) is 0 Å². The quantitative estimate of drug-likeness (QED) is 0.876. The second-order valence-corrected chi connectivity index (χ2v) is 7.66. The van der Waals surface area contributed by atoms with Crippen molar-refractivity contribution in [2.24, 2.45) is 0 Å². The summed E-state index contributed by atoms with van der Waals surface area (Å²) in [5, 5.41) is 3.67. The summed E-state index contributed by atoms with van der Waals surface area (Å²) in [5.74, 6) is 0.0842. The van der Waals surface area contributed by atoms with E-state index in [0.29, 0.717) is 18.0 Å². The second-order valence-electron chi connectivity index (χ2n) is 5.90. The van der Waals surface area contributed by atoms with Gasteiger partial charge in [0.05, 0.1) is 6.04 Å². The van der Waals surface area contributed by atoms with Crippen molar-refractivity contribution in [2.75, 3.05) is 6.54 Å². The molecule has 0 bridgehead atoms. The van der Waals surface area contributed by atoms with E-state index in [0.717, 1.165) is 19.3 Å². The minimum atomic E-state index is -3.64. The summed E-state index contributed by atoms with van der Waals surface area (Å²) in [6.07, 6.45) is 3.04. The number of nitrogens with one attached hydrogen (secondary N) is 1. The number of piperidine rings is 1. The number of aromatic nitrogens is 1. The maximum atomic E-state index is 12.4. The molecule has 0 radical (unpaired) electrons. The van der Waals surface area contributed by atoms with Gasteiger partial charge >= 0.3 is 0 Å². The number of carbonyl (C=O) groups is 1. The highest BCUT2D eigenvalue weighted by atomic mass is 32.2. The monoisotopic (exact) mass is 329 g/mol. The molecule has 2 heterocycles. The number of rotatable bonds is 5. The summed E-state index contributed by atoms with van der Waals surface area (Å²) in [6.45, 7) is 5.96. The Morgan fingerprint density at radius 1 is 1.55 bits per heavy atom. The normalized spacial score (nSPS) is 20.9. The van der Waals surface area contributed by atoms with Crippen LogP contribution in [0.25, 0.3) is 0 Å². The Morgan fingerprint density at radius 2 is 2.27 bits per heavy atom. The van der Waals surface area contributed by atoms with Gasteiger partial charge in [-0.25, -0.2) is 13.1 Å². The van der Waals surface area contributed by atoms with Crippen molar-refractivity contribution in [1.29, 1.82) is 0 Å². The molecule has 0 saturated carbocycles. The van der Waals surface area contributed by atoms with Crippen molar-refractivity contribution in [2.45, 2.75) is 57.9 Å². The Labute approximate surface area is 131 Å². The van der Waals surface area contributed by atoms with Crippen LogP contribution < -0.4 is 4.72 Å². The molecule has 7 nitrogen and oxygen atoms in total. The van der Waals surface area contributed by atoms with Crippen LogP contribution in [0, 0.1) is 6.92 Å². The summed E-state index contributed by atoms with van der Waals surface area (Å²) in [4.78, 5) is 14.2. The Morgan fingerprint density at radius 3 is 2.86 bits per heavy atom. The van der Waals surface area contributed by atoms with E-state index in [2.05, 4.69) is 9.88 Å². The molecule has 1 aromatic heterocycles. The van der Waals surface area contributed by atoms with Crippen molar-refractivity contribution < 1.29 is 17.7 Å². The van der Waals surface area contributed by atoms with Crippen LogP contribution in [0.3, 0.4) is 0 Å². The highest BCUT2D eigenvalue weighted by Gasteiger charge is 2.29. The smallest absolute Gasteiger partial charge is 0.240 e. The molecule has 0 spiro atoms. The first kappa shape index (κ1) is 17.0. The third-order valence-electron chi connectivity index (χ3n) is 3.83. The van der Waals surface area contributed by atoms with E-state index in [-0.39, 0.29) is 17.7 Å². The fourth-order valence-corrected chi connectivity index (χ4v) is 3.96. The molecule has 1 aliphatic heterocycles. The average Bonchev–Trinajstić information content (AvgIpc) is 2.82. The second kappa shape index (κ2) is 6.78. The summed E-state index contributed by atoms with van der Waals surface area (Å²) in [7, 11) is -3.64. The van der Waals surface area contributed by atoms with E-state index in [1.54, 1.807) is 24.8 Å². The van der Waals surface area contributed by atoms with E-state index in [1.807, 2.05) is 6.92 Å². The lowest BCUT2D eigenvalue weighted by Gasteiger charge is -2.35. The lowest BCUT2D eigenvalue weighted by atomic mass is 10.0. The molecule has 22 heavy (non-hydrogen) atoms. The van der Waals surface area contributed by atoms with Crippen LogP contribution in [0.4, 0.5) is 0 Å². The van der Waals surface area contributed by atoms with Gasteiger partial charge in [-0.2, -0.15) is 0 Å². The molecule has 2 atom stereocenters. The van der Waals surface area contributed by atoms with Crippen LogP contribution in [-0.4, -0.2) is 43.0 Å². The van der Waals surface area contributed by atoms with Gasteiger partial charge in [-0.15, -0.1) is 0 Å². The zero-order valence-corrected chi connectivity index (χ0v) is 14.0. The Balaban J connectivity index is 1.97. The predicted octanol–water partition coefficient (Wildman–Crippen LogP) is 1.19. The minimum absolute atomic E-state index is 0.159. The number of aryl methyl sites for hydroxylation is 1. The Bertz CT molecular complexity index is 626. The van der Waals surface area contributed by atoms with Crippen molar-refractivity contribution in [3.63, 3.8) is 0 Å². The molecule has 0 aliphatic carbocycles. The molecule has 2 rings (SSSR count). The van der Waals surface area contributed by atoms with Gasteiger partial charge in [-0.3, -0.25) is 4.79 Å². The molecule has 1 aliphatic rings. The number of sulfonamides is 1. The van der Waals surface area contributed by atoms with Gasteiger partial charge in [-0.1, -0.05) is 5.16 Å². The van der Waals surface area contributed by atoms with Gasteiger partial charge < -0.3 is 9.42 Å². The molecule has 1 saturated heterocycles. The molecule has 124 valence electrons. The molecule has 1 amide bonds. The van der Waals surface area contributed by atoms with Gasteiger partial charge in [0.15, 0.2) is 0 Å². The molecule has 8 heteroatoms. The molecule has 0 aromatic carbocycles. The summed E-state index contributed by atoms with van der Waals surface area (Å²) in [5.41, 5.74) is 0.330. The van der Waals surface area contributed by atoms with Crippen LogP contribution in [0.15, 0.2) is 10.6 Å². The van der Waals surface area contributed by atoms with Crippen LogP contribution >= 0.6 is 0 Å². The molecule has 1 N–H and O–H groups in total.